The van der Waals surface area contributed by atoms with Gasteiger partial charge in [0, 0.05) is 17.7 Å². The zero-order valence-corrected chi connectivity index (χ0v) is 18.2. The Hall–Kier alpha value is -3.74. The highest BCUT2D eigenvalue weighted by Gasteiger charge is 2.22. The van der Waals surface area contributed by atoms with Crippen LogP contribution in [0.1, 0.15) is 48.1 Å². The predicted molar refractivity (Wildman–Crippen MR) is 121 cm³/mol. The molecule has 4 rings (SSSR count). The lowest BCUT2D eigenvalue weighted by Gasteiger charge is -2.14. The minimum atomic E-state index is -0.227. The van der Waals surface area contributed by atoms with Gasteiger partial charge in [0.05, 0.1) is 29.7 Å². The van der Waals surface area contributed by atoms with Crippen molar-refractivity contribution in [2.75, 3.05) is 5.32 Å². The van der Waals surface area contributed by atoms with Gasteiger partial charge in [-0.15, -0.1) is 0 Å². The first kappa shape index (κ1) is 20.5. The van der Waals surface area contributed by atoms with Crippen molar-refractivity contribution >= 4 is 11.7 Å². The van der Waals surface area contributed by atoms with Crippen molar-refractivity contribution in [1.29, 1.82) is 0 Å². The van der Waals surface area contributed by atoms with Crippen molar-refractivity contribution < 1.29 is 4.79 Å². The Bertz CT molecular complexity index is 1190. The molecule has 0 atom stereocenters. The van der Waals surface area contributed by atoms with Gasteiger partial charge in [-0.1, -0.05) is 57.2 Å². The molecule has 31 heavy (non-hydrogen) atoms. The summed E-state index contributed by atoms with van der Waals surface area (Å²) in [6, 6.07) is 17.6. The van der Waals surface area contributed by atoms with Gasteiger partial charge in [-0.2, -0.15) is 10.2 Å². The topological polar surface area (TPSA) is 77.6 Å². The van der Waals surface area contributed by atoms with Gasteiger partial charge in [-0.25, -0.2) is 14.3 Å². The second kappa shape index (κ2) is 8.18. The molecule has 0 radical (unpaired) electrons. The summed E-state index contributed by atoms with van der Waals surface area (Å²) in [5.41, 5.74) is 3.11. The number of anilines is 1. The Morgan fingerprint density at radius 2 is 1.81 bits per heavy atom. The zero-order chi connectivity index (χ0) is 22.0. The van der Waals surface area contributed by atoms with Crippen LogP contribution in [0.2, 0.25) is 0 Å². The number of amides is 1. The number of hydrogen-bond donors (Lipinski definition) is 1. The molecule has 4 aromatic rings. The van der Waals surface area contributed by atoms with E-state index in [2.05, 4.69) is 36.2 Å². The number of pyridine rings is 1. The summed E-state index contributed by atoms with van der Waals surface area (Å²) in [4.78, 5) is 17.4. The largest absolute Gasteiger partial charge is 0.307 e. The van der Waals surface area contributed by atoms with Gasteiger partial charge in [-0.3, -0.25) is 4.79 Å². The molecule has 1 amide bonds. The predicted octanol–water partition coefficient (Wildman–Crippen LogP) is 4.37. The molecule has 0 aliphatic carbocycles. The first-order valence-corrected chi connectivity index (χ1v) is 10.2. The summed E-state index contributed by atoms with van der Waals surface area (Å²) in [5.74, 6) is 1.10. The van der Waals surface area contributed by atoms with Crippen LogP contribution in [-0.2, 0) is 12.0 Å². The quantitative estimate of drug-likeness (QED) is 0.526. The van der Waals surface area contributed by atoms with Crippen LogP contribution >= 0.6 is 0 Å². The molecule has 0 saturated carbocycles. The average Bonchev–Trinajstić information content (AvgIpc) is 3.33. The van der Waals surface area contributed by atoms with E-state index >= 15 is 0 Å². The van der Waals surface area contributed by atoms with Crippen LogP contribution in [0.25, 0.3) is 5.82 Å². The second-order valence-corrected chi connectivity index (χ2v) is 8.51. The number of carbonyl (C=O) groups excluding carboxylic acids is 1. The van der Waals surface area contributed by atoms with Crippen LogP contribution in [0.3, 0.4) is 0 Å². The second-order valence-electron chi connectivity index (χ2n) is 8.51. The molecule has 1 aromatic carbocycles. The molecule has 158 valence electrons. The Labute approximate surface area is 181 Å². The molecule has 0 bridgehead atoms. The minimum Gasteiger partial charge on any atom is -0.307 e. The molecular formula is C24H26N6O. The molecule has 0 saturated heterocycles. The van der Waals surface area contributed by atoms with Gasteiger partial charge in [-0.05, 0) is 24.6 Å². The van der Waals surface area contributed by atoms with E-state index in [-0.39, 0.29) is 11.3 Å². The monoisotopic (exact) mass is 414 g/mol. The summed E-state index contributed by atoms with van der Waals surface area (Å²) in [6.45, 7) is 8.75. The number of nitrogens with zero attached hydrogens (tertiary/aromatic N) is 5. The molecule has 1 N–H and O–H groups in total. The van der Waals surface area contributed by atoms with E-state index in [4.69, 9.17) is 5.10 Å². The summed E-state index contributed by atoms with van der Waals surface area (Å²) < 4.78 is 3.50. The third-order valence-electron chi connectivity index (χ3n) is 5.09. The summed E-state index contributed by atoms with van der Waals surface area (Å²) in [6.07, 6.45) is 3.27. The first-order chi connectivity index (χ1) is 14.8. The summed E-state index contributed by atoms with van der Waals surface area (Å²) in [5, 5.41) is 12.2. The molecule has 3 aromatic heterocycles. The van der Waals surface area contributed by atoms with E-state index in [1.54, 1.807) is 17.1 Å². The maximum Gasteiger partial charge on any atom is 0.260 e. The van der Waals surface area contributed by atoms with Crippen molar-refractivity contribution in [3.05, 3.63) is 89.5 Å². The van der Waals surface area contributed by atoms with E-state index in [9.17, 15) is 4.79 Å². The Kier molecular flexibility index (Phi) is 5.42. The number of aromatic nitrogens is 5. The first-order valence-electron chi connectivity index (χ1n) is 10.2. The lowest BCUT2D eigenvalue weighted by Crippen LogP contribution is -2.17. The summed E-state index contributed by atoms with van der Waals surface area (Å²) in [7, 11) is 0. The minimum absolute atomic E-state index is 0.138. The van der Waals surface area contributed by atoms with E-state index in [1.807, 2.05) is 66.2 Å². The van der Waals surface area contributed by atoms with Crippen molar-refractivity contribution in [3.8, 4) is 5.82 Å². The number of hydrogen-bond acceptors (Lipinski definition) is 4. The lowest BCUT2D eigenvalue weighted by molar-refractivity contribution is 0.102. The van der Waals surface area contributed by atoms with Crippen molar-refractivity contribution in [2.24, 2.45) is 0 Å². The van der Waals surface area contributed by atoms with Crippen LogP contribution in [0.15, 0.2) is 67.0 Å². The Morgan fingerprint density at radius 1 is 1.06 bits per heavy atom. The van der Waals surface area contributed by atoms with Gasteiger partial charge < -0.3 is 5.32 Å². The van der Waals surface area contributed by atoms with Gasteiger partial charge in [0.1, 0.15) is 5.82 Å². The Balaban J connectivity index is 1.63. The molecule has 0 aliphatic heterocycles. The molecular weight excluding hydrogens is 388 g/mol. The fourth-order valence-corrected chi connectivity index (χ4v) is 3.29. The number of carbonyl (C=O) groups is 1. The van der Waals surface area contributed by atoms with Gasteiger partial charge >= 0.3 is 0 Å². The highest BCUT2D eigenvalue weighted by molar-refractivity contribution is 6.04. The number of rotatable bonds is 5. The van der Waals surface area contributed by atoms with Crippen molar-refractivity contribution in [2.45, 2.75) is 39.7 Å². The van der Waals surface area contributed by atoms with E-state index < -0.39 is 0 Å². The van der Waals surface area contributed by atoms with Crippen LogP contribution in [-0.4, -0.2) is 30.5 Å². The number of nitrogens with one attached hydrogen (secondary N) is 1. The third kappa shape index (κ3) is 4.40. The van der Waals surface area contributed by atoms with Gasteiger partial charge in [0.15, 0.2) is 5.82 Å². The molecule has 7 nitrogen and oxygen atoms in total. The average molecular weight is 415 g/mol. The lowest BCUT2D eigenvalue weighted by atomic mass is 9.92. The molecule has 0 fully saturated rings. The fourth-order valence-electron chi connectivity index (χ4n) is 3.29. The van der Waals surface area contributed by atoms with Crippen LogP contribution in [0.5, 0.6) is 0 Å². The normalized spacial score (nSPS) is 11.5. The maximum atomic E-state index is 13.1. The van der Waals surface area contributed by atoms with Crippen molar-refractivity contribution in [1.82, 2.24) is 24.5 Å². The smallest absolute Gasteiger partial charge is 0.260 e. The van der Waals surface area contributed by atoms with Gasteiger partial charge in [0.2, 0.25) is 0 Å². The maximum absolute atomic E-state index is 13.1. The summed E-state index contributed by atoms with van der Waals surface area (Å²) >= 11 is 0. The molecule has 7 heteroatoms. The highest BCUT2D eigenvalue weighted by Crippen LogP contribution is 2.25. The standard InChI is InChI=1S/C24H26N6O/c1-17-19(15-26-30(17)21-12-8-9-13-25-21)23(31)27-22-14-20(24(2,3)4)28-29(22)16-18-10-6-5-7-11-18/h5-15H,16H2,1-4H3,(H,27,31). The van der Waals surface area contributed by atoms with Crippen LogP contribution in [0.4, 0.5) is 5.82 Å². The molecule has 3 heterocycles. The molecule has 0 aliphatic rings. The van der Waals surface area contributed by atoms with Crippen molar-refractivity contribution in [3.63, 3.8) is 0 Å². The Morgan fingerprint density at radius 3 is 2.48 bits per heavy atom. The third-order valence-corrected chi connectivity index (χ3v) is 5.09. The van der Waals surface area contributed by atoms with Crippen LogP contribution in [0, 0.1) is 6.92 Å². The number of benzene rings is 1. The molecule has 0 spiro atoms. The van der Waals surface area contributed by atoms with E-state index in [1.165, 1.54) is 0 Å². The molecule has 0 unspecified atom stereocenters. The SMILES string of the molecule is Cc1c(C(=O)Nc2cc(C(C)(C)C)nn2Cc2ccccc2)cnn1-c1ccccn1. The van der Waals surface area contributed by atoms with E-state index in [0.717, 1.165) is 17.0 Å². The van der Waals surface area contributed by atoms with Gasteiger partial charge in [0.25, 0.3) is 5.91 Å². The van der Waals surface area contributed by atoms with Crippen LogP contribution < -0.4 is 5.32 Å². The fraction of sp³-hybridized carbons (Fsp3) is 0.250. The van der Waals surface area contributed by atoms with E-state index in [0.29, 0.717) is 23.7 Å². The highest BCUT2D eigenvalue weighted by atomic mass is 16.1. The zero-order valence-electron chi connectivity index (χ0n) is 18.2.